The van der Waals surface area contributed by atoms with Crippen molar-refractivity contribution in [1.29, 1.82) is 0 Å². The molecule has 0 fully saturated rings. The number of nitrogens with zero attached hydrogens (tertiary/aromatic N) is 4. The van der Waals surface area contributed by atoms with E-state index in [2.05, 4.69) is 20.2 Å². The summed E-state index contributed by atoms with van der Waals surface area (Å²) in [6.07, 6.45) is 1.40. The van der Waals surface area contributed by atoms with Gasteiger partial charge in [0.25, 0.3) is 10.2 Å². The Morgan fingerprint density at radius 1 is 1.38 bits per heavy atom. The predicted octanol–water partition coefficient (Wildman–Crippen LogP) is -0.722. The minimum Gasteiger partial charge on any atom is -0.271 e. The highest BCUT2D eigenvalue weighted by atomic mass is 32.2. The molecule has 0 aliphatic rings. The number of nitrogens with one attached hydrogen (secondary N) is 1. The Morgan fingerprint density at radius 3 is 2.81 bits per heavy atom. The maximum atomic E-state index is 10.8. The molecule has 0 atom stereocenters. The van der Waals surface area contributed by atoms with Crippen LogP contribution in [0.4, 0.5) is 5.69 Å². The van der Waals surface area contributed by atoms with Crippen molar-refractivity contribution in [2.45, 2.75) is 0 Å². The van der Waals surface area contributed by atoms with Crippen LogP contribution in [0.15, 0.2) is 30.6 Å². The molecular formula is C7H8N6O2S. The SMILES string of the molecule is NS(=O)(=O)Nc1cccc(-n2cnnn2)c1. The van der Waals surface area contributed by atoms with Gasteiger partial charge in [-0.15, -0.1) is 5.10 Å². The van der Waals surface area contributed by atoms with E-state index in [1.165, 1.54) is 11.0 Å². The Hall–Kier alpha value is -2.00. The molecule has 0 aliphatic heterocycles. The first-order valence-electron chi connectivity index (χ1n) is 4.18. The summed E-state index contributed by atoms with van der Waals surface area (Å²) in [4.78, 5) is 0. The van der Waals surface area contributed by atoms with E-state index in [9.17, 15) is 8.42 Å². The van der Waals surface area contributed by atoms with Crippen LogP contribution in [0.5, 0.6) is 0 Å². The van der Waals surface area contributed by atoms with Gasteiger partial charge in [0.1, 0.15) is 6.33 Å². The van der Waals surface area contributed by atoms with Crippen molar-refractivity contribution >= 4 is 15.9 Å². The van der Waals surface area contributed by atoms with Crippen molar-refractivity contribution in [3.63, 3.8) is 0 Å². The van der Waals surface area contributed by atoms with Crippen molar-refractivity contribution in [1.82, 2.24) is 20.2 Å². The molecule has 8 nitrogen and oxygen atoms in total. The molecule has 2 aromatic rings. The minimum absolute atomic E-state index is 0.343. The van der Waals surface area contributed by atoms with Crippen molar-refractivity contribution in [3.05, 3.63) is 30.6 Å². The average molecular weight is 240 g/mol. The van der Waals surface area contributed by atoms with Crippen molar-refractivity contribution in [2.24, 2.45) is 5.14 Å². The lowest BCUT2D eigenvalue weighted by Crippen LogP contribution is -2.21. The van der Waals surface area contributed by atoms with E-state index in [1.54, 1.807) is 24.3 Å². The summed E-state index contributed by atoms with van der Waals surface area (Å²) in [5.41, 5.74) is 0.967. The van der Waals surface area contributed by atoms with E-state index < -0.39 is 10.2 Å². The van der Waals surface area contributed by atoms with Crippen LogP contribution >= 0.6 is 0 Å². The number of rotatable bonds is 3. The third-order valence-corrected chi connectivity index (χ3v) is 2.24. The second kappa shape index (κ2) is 3.87. The molecule has 1 heterocycles. The van der Waals surface area contributed by atoms with Crippen molar-refractivity contribution in [2.75, 3.05) is 4.72 Å². The van der Waals surface area contributed by atoms with Crippen LogP contribution in [0.25, 0.3) is 5.69 Å². The van der Waals surface area contributed by atoms with Gasteiger partial charge in [-0.05, 0) is 28.6 Å². The normalized spacial score (nSPS) is 11.3. The number of anilines is 1. The molecule has 0 unspecified atom stereocenters. The lowest BCUT2D eigenvalue weighted by molar-refractivity contribution is 0.603. The molecule has 16 heavy (non-hydrogen) atoms. The van der Waals surface area contributed by atoms with Gasteiger partial charge in [-0.3, -0.25) is 4.72 Å². The molecule has 0 spiro atoms. The van der Waals surface area contributed by atoms with Gasteiger partial charge in [0.2, 0.25) is 0 Å². The van der Waals surface area contributed by atoms with Crippen LogP contribution in [0.3, 0.4) is 0 Å². The third-order valence-electron chi connectivity index (χ3n) is 1.72. The number of aromatic nitrogens is 4. The van der Waals surface area contributed by atoms with Crippen molar-refractivity contribution < 1.29 is 8.42 Å². The molecule has 0 bridgehead atoms. The molecule has 84 valence electrons. The summed E-state index contributed by atoms with van der Waals surface area (Å²) in [6, 6.07) is 6.51. The second-order valence-corrected chi connectivity index (χ2v) is 4.25. The Bertz CT molecular complexity index is 579. The molecule has 0 saturated carbocycles. The fourth-order valence-electron chi connectivity index (χ4n) is 1.16. The highest BCUT2D eigenvalue weighted by molar-refractivity contribution is 7.90. The topological polar surface area (TPSA) is 116 Å². The van der Waals surface area contributed by atoms with Gasteiger partial charge >= 0.3 is 0 Å². The largest absolute Gasteiger partial charge is 0.296 e. The standard InChI is InChI=1S/C7H8N6O2S/c8-16(14,15)10-6-2-1-3-7(4-6)13-5-9-11-12-13/h1-5,10H,(H2,8,14,15). The molecule has 3 N–H and O–H groups in total. The smallest absolute Gasteiger partial charge is 0.271 e. The van der Waals surface area contributed by atoms with Crippen LogP contribution in [0, 0.1) is 0 Å². The zero-order valence-corrected chi connectivity index (χ0v) is 8.79. The quantitative estimate of drug-likeness (QED) is 0.734. The Balaban J connectivity index is 2.34. The fraction of sp³-hybridized carbons (Fsp3) is 0. The summed E-state index contributed by atoms with van der Waals surface area (Å²) in [5, 5.41) is 15.5. The first-order valence-corrected chi connectivity index (χ1v) is 5.73. The number of benzene rings is 1. The highest BCUT2D eigenvalue weighted by Crippen LogP contribution is 2.13. The van der Waals surface area contributed by atoms with Crippen LogP contribution in [0.2, 0.25) is 0 Å². The zero-order chi connectivity index (χ0) is 11.6. The molecule has 0 amide bonds. The third kappa shape index (κ3) is 2.52. The molecule has 2 rings (SSSR count). The highest BCUT2D eigenvalue weighted by Gasteiger charge is 2.04. The van der Waals surface area contributed by atoms with Crippen molar-refractivity contribution in [3.8, 4) is 5.69 Å². The second-order valence-electron chi connectivity index (χ2n) is 2.95. The number of nitrogens with two attached hydrogens (primary N) is 1. The lowest BCUT2D eigenvalue weighted by Gasteiger charge is -2.05. The first-order chi connectivity index (χ1) is 7.54. The Morgan fingerprint density at radius 2 is 2.19 bits per heavy atom. The van der Waals surface area contributed by atoms with E-state index in [4.69, 9.17) is 5.14 Å². The first kappa shape index (κ1) is 10.5. The van der Waals surface area contributed by atoms with Crippen LogP contribution < -0.4 is 9.86 Å². The summed E-state index contributed by atoms with van der Waals surface area (Å²) < 4.78 is 25.2. The van der Waals surface area contributed by atoms with Gasteiger partial charge in [0, 0.05) is 0 Å². The summed E-state index contributed by atoms with van der Waals surface area (Å²) in [5.74, 6) is 0. The minimum atomic E-state index is -3.77. The fourth-order valence-corrected chi connectivity index (χ4v) is 1.61. The Labute approximate surface area is 91.3 Å². The number of hydrogen-bond donors (Lipinski definition) is 2. The van der Waals surface area contributed by atoms with Crippen LogP contribution in [0.1, 0.15) is 0 Å². The zero-order valence-electron chi connectivity index (χ0n) is 7.98. The number of hydrogen-bond acceptors (Lipinski definition) is 5. The molecule has 1 aromatic heterocycles. The summed E-state index contributed by atoms with van der Waals surface area (Å²) in [6.45, 7) is 0. The molecule has 0 saturated heterocycles. The van der Waals surface area contributed by atoms with Gasteiger partial charge in [0.15, 0.2) is 0 Å². The van der Waals surface area contributed by atoms with Gasteiger partial charge in [-0.1, -0.05) is 6.07 Å². The molecule has 9 heteroatoms. The van der Waals surface area contributed by atoms with Gasteiger partial charge < -0.3 is 0 Å². The maximum absolute atomic E-state index is 10.8. The van der Waals surface area contributed by atoms with E-state index >= 15 is 0 Å². The van der Waals surface area contributed by atoms with Gasteiger partial charge in [-0.25, -0.2) is 9.82 Å². The van der Waals surface area contributed by atoms with E-state index in [0.717, 1.165) is 0 Å². The predicted molar refractivity (Wildman–Crippen MR) is 55.9 cm³/mol. The summed E-state index contributed by atoms with van der Waals surface area (Å²) >= 11 is 0. The molecule has 1 aromatic carbocycles. The molecule has 0 aliphatic carbocycles. The van der Waals surface area contributed by atoms with Crippen LogP contribution in [-0.2, 0) is 10.2 Å². The van der Waals surface area contributed by atoms with E-state index in [1.807, 2.05) is 0 Å². The van der Waals surface area contributed by atoms with E-state index in [-0.39, 0.29) is 0 Å². The summed E-state index contributed by atoms with van der Waals surface area (Å²) in [7, 11) is -3.77. The lowest BCUT2D eigenvalue weighted by atomic mass is 10.3. The maximum Gasteiger partial charge on any atom is 0.296 e. The van der Waals surface area contributed by atoms with Gasteiger partial charge in [-0.2, -0.15) is 8.42 Å². The van der Waals surface area contributed by atoms with Gasteiger partial charge in [0.05, 0.1) is 11.4 Å². The Kier molecular flexibility index (Phi) is 2.54. The van der Waals surface area contributed by atoms with E-state index in [0.29, 0.717) is 11.4 Å². The number of tetrazole rings is 1. The monoisotopic (exact) mass is 240 g/mol. The molecular weight excluding hydrogens is 232 g/mol. The average Bonchev–Trinajstić information content (AvgIpc) is 2.68. The molecule has 0 radical (unpaired) electrons. The van der Waals surface area contributed by atoms with Crippen LogP contribution in [-0.4, -0.2) is 28.6 Å².